The Morgan fingerprint density at radius 2 is 1.27 bits per heavy atom. The molecule has 0 spiro atoms. The first-order chi connectivity index (χ1) is 16.3. The van der Waals surface area contributed by atoms with Crippen molar-refractivity contribution in [2.24, 2.45) is 0 Å². The van der Waals surface area contributed by atoms with Gasteiger partial charge < -0.3 is 13.7 Å². The summed E-state index contributed by atoms with van der Waals surface area (Å²) in [7, 11) is 0. The van der Waals surface area contributed by atoms with Gasteiger partial charge in [0.05, 0.1) is 0 Å². The number of para-hydroxylation sites is 4. The minimum absolute atomic E-state index is 0.256. The molecule has 0 unspecified atom stereocenters. The summed E-state index contributed by atoms with van der Waals surface area (Å²) in [5.74, 6) is 0.256. The van der Waals surface area contributed by atoms with Crippen molar-refractivity contribution < 1.29 is 8.83 Å². The van der Waals surface area contributed by atoms with Gasteiger partial charge >= 0.3 is 5.63 Å². The Bertz CT molecular complexity index is 1560. The normalized spacial score (nSPS) is 11.2. The van der Waals surface area contributed by atoms with Gasteiger partial charge in [-0.15, -0.1) is 0 Å². The van der Waals surface area contributed by atoms with Gasteiger partial charge in [0.15, 0.2) is 5.58 Å². The molecule has 0 aliphatic carbocycles. The minimum atomic E-state index is -0.489. The van der Waals surface area contributed by atoms with Gasteiger partial charge in [-0.25, -0.2) is 9.78 Å². The van der Waals surface area contributed by atoms with Gasteiger partial charge in [-0.05, 0) is 54.6 Å². The van der Waals surface area contributed by atoms with E-state index >= 15 is 0 Å². The van der Waals surface area contributed by atoms with E-state index in [1.165, 1.54) is 0 Å². The topological polar surface area (TPSA) is 59.5 Å². The molecule has 0 N–H and O–H groups in total. The Balaban J connectivity index is 1.48. The van der Waals surface area contributed by atoms with Crippen LogP contribution in [-0.2, 0) is 0 Å². The number of rotatable bonds is 4. The van der Waals surface area contributed by atoms with Crippen molar-refractivity contribution in [3.05, 3.63) is 120 Å². The van der Waals surface area contributed by atoms with Crippen molar-refractivity contribution in [1.82, 2.24) is 4.98 Å². The first-order valence-corrected chi connectivity index (χ1v) is 10.6. The number of aromatic nitrogens is 1. The van der Waals surface area contributed by atoms with Crippen LogP contribution in [0.1, 0.15) is 0 Å². The van der Waals surface area contributed by atoms with Gasteiger partial charge in [0, 0.05) is 28.5 Å². The van der Waals surface area contributed by atoms with Crippen LogP contribution in [0.4, 0.5) is 17.1 Å². The minimum Gasteiger partial charge on any atom is -0.436 e. The SMILES string of the molecule is O=c1oc2cc(N(c3ccccc3)c3ccccc3)ccc2cc1-c1nc2ccccc2o1. The predicted octanol–water partition coefficient (Wildman–Crippen LogP) is 7.07. The maximum atomic E-state index is 12.9. The Labute approximate surface area is 189 Å². The molecule has 0 radical (unpaired) electrons. The molecule has 0 saturated carbocycles. The van der Waals surface area contributed by atoms with Gasteiger partial charge in [0.25, 0.3) is 0 Å². The van der Waals surface area contributed by atoms with Gasteiger partial charge in [-0.3, -0.25) is 0 Å². The van der Waals surface area contributed by atoms with Crippen LogP contribution >= 0.6 is 0 Å². The number of hydrogen-bond donors (Lipinski definition) is 0. The summed E-state index contributed by atoms with van der Waals surface area (Å²) in [6.07, 6.45) is 0. The Hall–Kier alpha value is -4.64. The maximum absolute atomic E-state index is 12.9. The van der Waals surface area contributed by atoms with E-state index in [0.29, 0.717) is 22.2 Å². The lowest BCUT2D eigenvalue weighted by Gasteiger charge is -2.25. The number of benzene rings is 4. The third-order valence-corrected chi connectivity index (χ3v) is 5.53. The molecule has 0 aliphatic heterocycles. The van der Waals surface area contributed by atoms with Crippen LogP contribution in [0.2, 0.25) is 0 Å². The summed E-state index contributed by atoms with van der Waals surface area (Å²) in [6.45, 7) is 0. The smallest absolute Gasteiger partial charge is 0.349 e. The van der Waals surface area contributed by atoms with Gasteiger partial charge in [-0.2, -0.15) is 0 Å². The fourth-order valence-corrected chi connectivity index (χ4v) is 3.98. The van der Waals surface area contributed by atoms with Crippen molar-refractivity contribution in [2.75, 3.05) is 4.90 Å². The Morgan fingerprint density at radius 3 is 1.97 bits per heavy atom. The van der Waals surface area contributed by atoms with Gasteiger partial charge in [0.2, 0.25) is 5.89 Å². The van der Waals surface area contributed by atoms with Crippen molar-refractivity contribution in [3.8, 4) is 11.5 Å². The molecular weight excluding hydrogens is 412 g/mol. The predicted molar refractivity (Wildman–Crippen MR) is 130 cm³/mol. The summed E-state index contributed by atoms with van der Waals surface area (Å²) in [6, 6.07) is 35.2. The zero-order chi connectivity index (χ0) is 22.2. The molecule has 33 heavy (non-hydrogen) atoms. The molecule has 0 saturated heterocycles. The van der Waals surface area contributed by atoms with E-state index < -0.39 is 5.63 Å². The molecule has 5 heteroatoms. The van der Waals surface area contributed by atoms with Crippen LogP contribution in [0.25, 0.3) is 33.5 Å². The summed E-state index contributed by atoms with van der Waals surface area (Å²) in [5, 5.41) is 0.789. The van der Waals surface area contributed by atoms with Crippen LogP contribution in [0, 0.1) is 0 Å². The fourth-order valence-electron chi connectivity index (χ4n) is 3.98. The third-order valence-electron chi connectivity index (χ3n) is 5.53. The number of anilines is 3. The standard InChI is InChI=1S/C28H18N2O3/c31-28-23(27-29-24-13-7-8-14-25(24)32-27)17-19-15-16-22(18-26(19)33-28)30(20-9-3-1-4-10-20)21-11-5-2-6-12-21/h1-18H. The van der Waals surface area contributed by atoms with E-state index in [9.17, 15) is 4.79 Å². The van der Waals surface area contributed by atoms with Crippen molar-refractivity contribution in [2.45, 2.75) is 0 Å². The second kappa shape index (κ2) is 7.80. The van der Waals surface area contributed by atoms with Crippen molar-refractivity contribution >= 4 is 39.1 Å². The lowest BCUT2D eigenvalue weighted by molar-refractivity contribution is 0.553. The number of hydrogen-bond acceptors (Lipinski definition) is 5. The zero-order valence-electron chi connectivity index (χ0n) is 17.5. The molecule has 6 rings (SSSR count). The van der Waals surface area contributed by atoms with E-state index in [4.69, 9.17) is 8.83 Å². The molecule has 2 aromatic heterocycles. The van der Waals surface area contributed by atoms with E-state index in [0.717, 1.165) is 22.4 Å². The highest BCUT2D eigenvalue weighted by Gasteiger charge is 2.17. The number of fused-ring (bicyclic) bond motifs is 2. The first kappa shape index (κ1) is 19.1. The van der Waals surface area contributed by atoms with Crippen molar-refractivity contribution in [1.29, 1.82) is 0 Å². The first-order valence-electron chi connectivity index (χ1n) is 10.6. The quantitative estimate of drug-likeness (QED) is 0.280. The fraction of sp³-hybridized carbons (Fsp3) is 0. The average Bonchev–Trinajstić information content (AvgIpc) is 3.29. The molecule has 0 fully saturated rings. The monoisotopic (exact) mass is 430 g/mol. The summed E-state index contributed by atoms with van der Waals surface area (Å²) >= 11 is 0. The molecule has 4 aromatic carbocycles. The van der Waals surface area contributed by atoms with Crippen LogP contribution < -0.4 is 10.5 Å². The van der Waals surface area contributed by atoms with E-state index in [1.807, 2.05) is 103 Å². The highest BCUT2D eigenvalue weighted by atomic mass is 16.4. The second-order valence-corrected chi connectivity index (χ2v) is 7.66. The largest absolute Gasteiger partial charge is 0.436 e. The highest BCUT2D eigenvalue weighted by Crippen LogP contribution is 2.36. The lowest BCUT2D eigenvalue weighted by atomic mass is 10.1. The van der Waals surface area contributed by atoms with Crippen molar-refractivity contribution in [3.63, 3.8) is 0 Å². The highest BCUT2D eigenvalue weighted by molar-refractivity contribution is 5.87. The Kier molecular flexibility index (Phi) is 4.51. The van der Waals surface area contributed by atoms with Crippen LogP contribution in [0.5, 0.6) is 0 Å². The summed E-state index contributed by atoms with van der Waals surface area (Å²) in [5.41, 5.74) is 4.54. The molecule has 0 atom stereocenters. The van der Waals surface area contributed by atoms with Gasteiger partial charge in [0.1, 0.15) is 16.7 Å². The average molecular weight is 430 g/mol. The molecule has 2 heterocycles. The molecule has 0 aliphatic rings. The third kappa shape index (κ3) is 3.46. The molecule has 158 valence electrons. The molecule has 6 aromatic rings. The number of oxazole rings is 1. The van der Waals surface area contributed by atoms with E-state index in [2.05, 4.69) is 9.88 Å². The maximum Gasteiger partial charge on any atom is 0.349 e. The summed E-state index contributed by atoms with van der Waals surface area (Å²) < 4.78 is 11.5. The van der Waals surface area contributed by atoms with E-state index in [1.54, 1.807) is 6.07 Å². The number of nitrogens with zero attached hydrogens (tertiary/aromatic N) is 2. The van der Waals surface area contributed by atoms with Crippen LogP contribution in [-0.4, -0.2) is 4.98 Å². The van der Waals surface area contributed by atoms with Crippen LogP contribution in [0.3, 0.4) is 0 Å². The second-order valence-electron chi connectivity index (χ2n) is 7.66. The lowest BCUT2D eigenvalue weighted by Crippen LogP contribution is -2.10. The van der Waals surface area contributed by atoms with E-state index in [-0.39, 0.29) is 5.89 Å². The zero-order valence-corrected chi connectivity index (χ0v) is 17.5. The Morgan fingerprint density at radius 1 is 0.606 bits per heavy atom. The molecule has 5 nitrogen and oxygen atoms in total. The van der Waals surface area contributed by atoms with Gasteiger partial charge in [-0.1, -0.05) is 48.5 Å². The molecule has 0 bridgehead atoms. The summed E-state index contributed by atoms with van der Waals surface area (Å²) in [4.78, 5) is 19.4. The molecular formula is C28H18N2O3. The van der Waals surface area contributed by atoms with Crippen LogP contribution in [0.15, 0.2) is 123 Å². The molecule has 0 amide bonds.